The van der Waals surface area contributed by atoms with Crippen molar-refractivity contribution in [3.05, 3.63) is 53.4 Å². The van der Waals surface area contributed by atoms with Crippen LogP contribution in [0.3, 0.4) is 0 Å². The number of rotatable bonds is 2. The normalized spacial score (nSPS) is 13.7. The van der Waals surface area contributed by atoms with Crippen molar-refractivity contribution in [2.45, 2.75) is 5.16 Å². The third-order valence-electron chi connectivity index (χ3n) is 4.19. The molecule has 0 saturated carbocycles. The Kier molecular flexibility index (Phi) is 4.01. The monoisotopic (exact) mass is 400 g/mol. The highest BCUT2D eigenvalue weighted by molar-refractivity contribution is 7.99. The Labute approximate surface area is 160 Å². The maximum Gasteiger partial charge on any atom is 0.212 e. The fourth-order valence-electron chi connectivity index (χ4n) is 2.93. The lowest BCUT2D eigenvalue weighted by Gasteiger charge is -2.11. The first-order chi connectivity index (χ1) is 12.8. The van der Waals surface area contributed by atoms with Crippen LogP contribution in [0.15, 0.2) is 47.8 Å². The van der Waals surface area contributed by atoms with Crippen LogP contribution in [0.2, 0.25) is 5.02 Å². The molecule has 0 spiro atoms. The Balaban J connectivity index is 2.09. The molecule has 0 amide bonds. The van der Waals surface area contributed by atoms with E-state index in [1.807, 2.05) is 18.2 Å². The van der Waals surface area contributed by atoms with Gasteiger partial charge in [-0.05, 0) is 17.3 Å². The number of fused-ring (bicyclic) bond motifs is 2. The lowest BCUT2D eigenvalue weighted by molar-refractivity contribution is 0.632. The van der Waals surface area contributed by atoms with E-state index in [0.717, 1.165) is 5.39 Å². The Hall–Kier alpha value is -2.77. The van der Waals surface area contributed by atoms with E-state index in [-0.39, 0.29) is 27.6 Å². The zero-order chi connectivity index (χ0) is 19.3. The summed E-state index contributed by atoms with van der Waals surface area (Å²) in [7, 11) is -2.76. The number of hydrogen-bond acceptors (Lipinski definition) is 5. The Morgan fingerprint density at radius 2 is 1.89 bits per heavy atom. The quantitative estimate of drug-likeness (QED) is 0.407. The van der Waals surface area contributed by atoms with Crippen molar-refractivity contribution in [2.75, 3.05) is 12.0 Å². The maximum atomic E-state index is 15.4. The molecule has 4 rings (SSSR count). The SMILES string of the molecule is C=S(C)(=O)c1nc(N)c2cnc(-c3cccc4cccc(Cl)c34)c(F)c2n1. The van der Waals surface area contributed by atoms with Gasteiger partial charge in [0.1, 0.15) is 17.0 Å². The summed E-state index contributed by atoms with van der Waals surface area (Å²) in [5, 5.41) is 2.18. The molecule has 1 atom stereocenters. The van der Waals surface area contributed by atoms with E-state index in [1.165, 1.54) is 12.5 Å². The minimum absolute atomic E-state index is 0.00197. The second kappa shape index (κ2) is 6.14. The van der Waals surface area contributed by atoms with Crippen molar-refractivity contribution >= 4 is 54.5 Å². The first kappa shape index (κ1) is 17.6. The molecule has 2 heterocycles. The summed E-state index contributed by atoms with van der Waals surface area (Å²) in [4.78, 5) is 12.3. The molecule has 2 aromatic carbocycles. The van der Waals surface area contributed by atoms with Crippen LogP contribution >= 0.6 is 11.6 Å². The number of halogens is 2. The van der Waals surface area contributed by atoms with Crippen molar-refractivity contribution in [1.29, 1.82) is 0 Å². The van der Waals surface area contributed by atoms with E-state index in [0.29, 0.717) is 16.0 Å². The van der Waals surface area contributed by atoms with Gasteiger partial charge in [-0.1, -0.05) is 41.9 Å². The molecule has 2 N–H and O–H groups in total. The van der Waals surface area contributed by atoms with Crippen LogP contribution in [0.4, 0.5) is 10.2 Å². The van der Waals surface area contributed by atoms with Gasteiger partial charge in [0.2, 0.25) is 5.16 Å². The van der Waals surface area contributed by atoms with Crippen LogP contribution < -0.4 is 5.73 Å². The van der Waals surface area contributed by atoms with Crippen LogP contribution in [-0.2, 0) is 9.52 Å². The zero-order valence-corrected chi connectivity index (χ0v) is 15.8. The van der Waals surface area contributed by atoms with Gasteiger partial charge in [0.25, 0.3) is 0 Å². The molecule has 0 aliphatic carbocycles. The second-order valence-corrected chi connectivity index (χ2v) is 9.01. The van der Waals surface area contributed by atoms with E-state index < -0.39 is 15.3 Å². The predicted molar refractivity (Wildman–Crippen MR) is 109 cm³/mol. The lowest BCUT2D eigenvalue weighted by atomic mass is 10.0. The predicted octanol–water partition coefficient (Wildman–Crippen LogP) is 3.92. The molecule has 27 heavy (non-hydrogen) atoms. The van der Waals surface area contributed by atoms with E-state index in [4.69, 9.17) is 17.3 Å². The van der Waals surface area contributed by atoms with Crippen LogP contribution in [0, 0.1) is 5.82 Å². The molecule has 1 unspecified atom stereocenters. The molecular formula is C19H14ClFN4OS. The van der Waals surface area contributed by atoms with Crippen molar-refractivity contribution < 1.29 is 8.60 Å². The van der Waals surface area contributed by atoms with Gasteiger partial charge in [-0.15, -0.1) is 0 Å². The van der Waals surface area contributed by atoms with Gasteiger partial charge in [0.15, 0.2) is 5.82 Å². The molecule has 2 aromatic heterocycles. The van der Waals surface area contributed by atoms with E-state index >= 15 is 4.39 Å². The number of hydrogen-bond donors (Lipinski definition) is 1. The Bertz CT molecular complexity index is 1330. The fraction of sp³-hybridized carbons (Fsp3) is 0.0526. The van der Waals surface area contributed by atoms with Crippen molar-refractivity contribution in [1.82, 2.24) is 15.0 Å². The molecule has 0 radical (unpaired) electrons. The Morgan fingerprint density at radius 3 is 2.59 bits per heavy atom. The Morgan fingerprint density at radius 1 is 1.19 bits per heavy atom. The number of aromatic nitrogens is 3. The summed E-state index contributed by atoms with van der Waals surface area (Å²) < 4.78 is 27.6. The molecule has 8 heteroatoms. The highest BCUT2D eigenvalue weighted by Gasteiger charge is 2.19. The molecule has 0 bridgehead atoms. The van der Waals surface area contributed by atoms with Crippen LogP contribution in [0.25, 0.3) is 32.9 Å². The number of nitrogen functional groups attached to an aromatic ring is 1. The van der Waals surface area contributed by atoms with Crippen molar-refractivity contribution in [2.24, 2.45) is 0 Å². The average Bonchev–Trinajstić information content (AvgIpc) is 2.61. The molecule has 136 valence electrons. The van der Waals surface area contributed by atoms with E-state index in [2.05, 4.69) is 20.8 Å². The van der Waals surface area contributed by atoms with Crippen LogP contribution in [0.5, 0.6) is 0 Å². The molecule has 5 nitrogen and oxygen atoms in total. The summed E-state index contributed by atoms with van der Waals surface area (Å²) in [5.41, 5.74) is 6.45. The second-order valence-electron chi connectivity index (χ2n) is 6.22. The highest BCUT2D eigenvalue weighted by atomic mass is 35.5. The first-order valence-electron chi connectivity index (χ1n) is 7.89. The number of anilines is 1. The number of nitrogens with two attached hydrogens (primary N) is 1. The summed E-state index contributed by atoms with van der Waals surface area (Å²) >= 11 is 6.35. The van der Waals surface area contributed by atoms with Crippen molar-refractivity contribution in [3.8, 4) is 11.3 Å². The molecule has 4 aromatic rings. The third kappa shape index (κ3) is 2.89. The zero-order valence-electron chi connectivity index (χ0n) is 14.2. The van der Waals surface area contributed by atoms with Gasteiger partial charge < -0.3 is 5.73 Å². The number of nitrogens with zero attached hydrogens (tertiary/aromatic N) is 3. The van der Waals surface area contributed by atoms with Gasteiger partial charge in [-0.25, -0.2) is 14.4 Å². The molecule has 0 aliphatic heterocycles. The third-order valence-corrected chi connectivity index (χ3v) is 5.46. The molecule has 0 saturated heterocycles. The number of pyridine rings is 1. The summed E-state index contributed by atoms with van der Waals surface area (Å²) in [6, 6.07) is 10.9. The van der Waals surface area contributed by atoms with E-state index in [9.17, 15) is 4.21 Å². The van der Waals surface area contributed by atoms with Gasteiger partial charge in [-0.3, -0.25) is 9.19 Å². The maximum absolute atomic E-state index is 15.4. The summed E-state index contributed by atoms with van der Waals surface area (Å²) in [6.45, 7) is 0. The number of benzene rings is 2. The van der Waals surface area contributed by atoms with Gasteiger partial charge in [0, 0.05) is 37.9 Å². The summed E-state index contributed by atoms with van der Waals surface area (Å²) in [6.07, 6.45) is 2.78. The fourth-order valence-corrected chi connectivity index (χ4v) is 3.79. The van der Waals surface area contributed by atoms with Gasteiger partial charge in [0.05, 0.1) is 5.39 Å². The summed E-state index contributed by atoms with van der Waals surface area (Å²) in [5.74, 6) is 2.86. The molecule has 0 fully saturated rings. The van der Waals surface area contributed by atoms with Crippen molar-refractivity contribution in [3.63, 3.8) is 0 Å². The average molecular weight is 401 g/mol. The molecule has 0 aliphatic rings. The van der Waals surface area contributed by atoms with Gasteiger partial charge >= 0.3 is 0 Å². The molecular weight excluding hydrogens is 387 g/mol. The van der Waals surface area contributed by atoms with Crippen LogP contribution in [-0.4, -0.2) is 31.3 Å². The largest absolute Gasteiger partial charge is 0.383 e. The van der Waals surface area contributed by atoms with Crippen LogP contribution in [0.1, 0.15) is 0 Å². The first-order valence-corrected chi connectivity index (χ1v) is 10.4. The minimum Gasteiger partial charge on any atom is -0.383 e. The smallest absolute Gasteiger partial charge is 0.212 e. The highest BCUT2D eigenvalue weighted by Crippen LogP contribution is 2.36. The van der Waals surface area contributed by atoms with Gasteiger partial charge in [-0.2, -0.15) is 0 Å². The van der Waals surface area contributed by atoms with E-state index in [1.54, 1.807) is 18.2 Å². The lowest BCUT2D eigenvalue weighted by Crippen LogP contribution is -2.08. The topological polar surface area (TPSA) is 81.8 Å². The standard InChI is InChI=1S/C19H14ClFN4OS/c1-27(2,26)19-24-17-12(18(22)25-19)9-23-16(15(17)21)11-7-3-5-10-6-4-8-13(20)14(10)11/h3-9H,1H2,2H3,(H2,22,24,25). The minimum atomic E-state index is -2.76.